The van der Waals surface area contributed by atoms with Crippen LogP contribution in [0.4, 0.5) is 5.69 Å². The summed E-state index contributed by atoms with van der Waals surface area (Å²) in [5.74, 6) is 0.275. The molecule has 1 amide bonds. The number of benzene rings is 1. The molecule has 0 aliphatic heterocycles. The third kappa shape index (κ3) is 4.22. The Balaban J connectivity index is 2.02. The quantitative estimate of drug-likeness (QED) is 0.807. The lowest BCUT2D eigenvalue weighted by molar-refractivity contribution is -0.115. The largest absolute Gasteiger partial charge is 0.495 e. The second-order valence-electron chi connectivity index (χ2n) is 4.24. The summed E-state index contributed by atoms with van der Waals surface area (Å²) in [5, 5.41) is 10.2. The fourth-order valence-corrected chi connectivity index (χ4v) is 2.57. The Bertz CT molecular complexity index is 737. The van der Waals surface area contributed by atoms with E-state index in [0.29, 0.717) is 16.5 Å². The molecule has 2 aromatic rings. The Morgan fingerprint density at radius 3 is 2.91 bits per heavy atom. The summed E-state index contributed by atoms with van der Waals surface area (Å²) in [4.78, 5) is 25.8. The molecule has 2 rings (SSSR count). The highest BCUT2D eigenvalue weighted by molar-refractivity contribution is 8.00. The first kappa shape index (κ1) is 16.3. The number of aromatic nitrogens is 3. The van der Waals surface area contributed by atoms with Crippen molar-refractivity contribution in [3.63, 3.8) is 0 Å². The number of thioether (sulfide) groups is 1. The van der Waals surface area contributed by atoms with Crippen molar-refractivity contribution in [2.75, 3.05) is 12.4 Å². The van der Waals surface area contributed by atoms with Gasteiger partial charge < -0.3 is 10.1 Å². The van der Waals surface area contributed by atoms with Gasteiger partial charge in [0.25, 0.3) is 5.56 Å². The van der Waals surface area contributed by atoms with E-state index in [2.05, 4.69) is 20.5 Å². The molecule has 22 heavy (non-hydrogen) atoms. The van der Waals surface area contributed by atoms with Crippen molar-refractivity contribution in [1.82, 2.24) is 15.2 Å². The molecular weight excluding hydrogens is 328 g/mol. The first-order valence-corrected chi connectivity index (χ1v) is 7.48. The number of hydrogen-bond donors (Lipinski definition) is 2. The first-order valence-electron chi connectivity index (χ1n) is 6.22. The second kappa shape index (κ2) is 7.28. The zero-order chi connectivity index (χ0) is 16.1. The maximum absolute atomic E-state index is 12.1. The third-order valence-electron chi connectivity index (χ3n) is 2.63. The number of carbonyl (C=O) groups is 1. The normalized spacial score (nSPS) is 11.8. The number of aromatic amines is 1. The Morgan fingerprint density at radius 1 is 1.50 bits per heavy atom. The van der Waals surface area contributed by atoms with Crippen LogP contribution < -0.4 is 15.6 Å². The Morgan fingerprint density at radius 2 is 2.27 bits per heavy atom. The smallest absolute Gasteiger partial charge is 0.270 e. The zero-order valence-corrected chi connectivity index (χ0v) is 13.4. The summed E-state index contributed by atoms with van der Waals surface area (Å²) >= 11 is 7.10. The number of ether oxygens (including phenoxy) is 1. The number of hydrogen-bond acceptors (Lipinski definition) is 6. The molecule has 0 aliphatic carbocycles. The molecule has 0 bridgehead atoms. The molecule has 0 saturated carbocycles. The number of methoxy groups -OCH3 is 1. The first-order chi connectivity index (χ1) is 10.5. The van der Waals surface area contributed by atoms with Gasteiger partial charge in [0.2, 0.25) is 5.91 Å². The van der Waals surface area contributed by atoms with E-state index in [1.165, 1.54) is 7.11 Å². The summed E-state index contributed by atoms with van der Waals surface area (Å²) in [6, 6.07) is 4.94. The molecule has 1 atom stereocenters. The molecule has 1 aromatic carbocycles. The minimum Gasteiger partial charge on any atom is -0.495 e. The summed E-state index contributed by atoms with van der Waals surface area (Å²) < 4.78 is 5.04. The van der Waals surface area contributed by atoms with Gasteiger partial charge in [-0.25, -0.2) is 0 Å². The lowest BCUT2D eigenvalue weighted by Crippen LogP contribution is -2.23. The number of nitrogens with one attached hydrogen (secondary N) is 2. The minimum absolute atomic E-state index is 0.252. The van der Waals surface area contributed by atoms with Gasteiger partial charge in [-0.2, -0.15) is 5.10 Å². The van der Waals surface area contributed by atoms with Crippen LogP contribution in [0, 0.1) is 0 Å². The van der Waals surface area contributed by atoms with E-state index in [-0.39, 0.29) is 16.6 Å². The van der Waals surface area contributed by atoms with E-state index < -0.39 is 5.25 Å². The van der Waals surface area contributed by atoms with Crippen LogP contribution in [-0.2, 0) is 4.79 Å². The second-order valence-corrected chi connectivity index (χ2v) is 5.97. The fraction of sp³-hybridized carbons (Fsp3) is 0.231. The monoisotopic (exact) mass is 340 g/mol. The van der Waals surface area contributed by atoms with Crippen molar-refractivity contribution in [3.05, 3.63) is 39.8 Å². The van der Waals surface area contributed by atoms with Crippen molar-refractivity contribution in [2.24, 2.45) is 0 Å². The molecule has 0 aliphatic rings. The minimum atomic E-state index is -0.478. The number of halogens is 1. The van der Waals surface area contributed by atoms with Gasteiger partial charge in [0.15, 0.2) is 5.16 Å². The van der Waals surface area contributed by atoms with Crippen LogP contribution >= 0.6 is 23.4 Å². The zero-order valence-electron chi connectivity index (χ0n) is 11.8. The molecule has 0 radical (unpaired) electrons. The van der Waals surface area contributed by atoms with E-state index in [1.54, 1.807) is 25.1 Å². The standard InChI is InChI=1S/C13H13ClN4O3S/c1-7(22-13-17-11(19)6-15-18-13)12(20)16-8-3-4-10(21-2)9(14)5-8/h3-7H,1-2H3,(H,16,20)(H,17,18,19)/t7-/m1/s1. The summed E-state index contributed by atoms with van der Waals surface area (Å²) in [6.45, 7) is 1.69. The predicted molar refractivity (Wildman–Crippen MR) is 84.6 cm³/mol. The molecule has 1 aromatic heterocycles. The van der Waals surface area contributed by atoms with Crippen LogP contribution in [0.5, 0.6) is 5.75 Å². The lowest BCUT2D eigenvalue weighted by atomic mass is 10.3. The van der Waals surface area contributed by atoms with Gasteiger partial charge >= 0.3 is 0 Å². The van der Waals surface area contributed by atoms with E-state index in [9.17, 15) is 9.59 Å². The number of carbonyl (C=O) groups excluding carboxylic acids is 1. The van der Waals surface area contributed by atoms with Gasteiger partial charge in [-0.05, 0) is 25.1 Å². The van der Waals surface area contributed by atoms with Crippen LogP contribution in [0.25, 0.3) is 0 Å². The molecule has 116 valence electrons. The van der Waals surface area contributed by atoms with Gasteiger partial charge in [-0.1, -0.05) is 23.4 Å². The van der Waals surface area contributed by atoms with E-state index in [0.717, 1.165) is 18.0 Å². The van der Waals surface area contributed by atoms with Crippen molar-refractivity contribution in [3.8, 4) is 5.75 Å². The number of anilines is 1. The van der Waals surface area contributed by atoms with Crippen LogP contribution in [0.15, 0.2) is 34.3 Å². The molecule has 9 heteroatoms. The van der Waals surface area contributed by atoms with Gasteiger partial charge in [0.1, 0.15) is 11.9 Å². The number of H-pyrrole nitrogens is 1. The number of amides is 1. The average molecular weight is 341 g/mol. The number of rotatable bonds is 5. The van der Waals surface area contributed by atoms with Crippen LogP contribution in [0.2, 0.25) is 5.02 Å². The predicted octanol–water partition coefficient (Wildman–Crippen LogP) is 1.95. The van der Waals surface area contributed by atoms with E-state index >= 15 is 0 Å². The summed E-state index contributed by atoms with van der Waals surface area (Å²) in [5.41, 5.74) is 0.183. The molecule has 0 spiro atoms. The highest BCUT2D eigenvalue weighted by Crippen LogP contribution is 2.27. The maximum Gasteiger partial charge on any atom is 0.270 e. The fourth-order valence-electron chi connectivity index (χ4n) is 1.56. The SMILES string of the molecule is COc1ccc(NC(=O)[C@@H](C)Sc2nncc(=O)[nH]2)cc1Cl. The van der Waals surface area contributed by atoms with Crippen LogP contribution in [0.1, 0.15) is 6.92 Å². The van der Waals surface area contributed by atoms with Crippen molar-refractivity contribution in [2.45, 2.75) is 17.3 Å². The molecular formula is C13H13ClN4O3S. The van der Waals surface area contributed by atoms with Gasteiger partial charge in [-0.15, -0.1) is 5.10 Å². The topological polar surface area (TPSA) is 97.0 Å². The Hall–Kier alpha value is -2.06. The van der Waals surface area contributed by atoms with E-state index in [4.69, 9.17) is 16.3 Å². The molecule has 1 heterocycles. The third-order valence-corrected chi connectivity index (χ3v) is 3.90. The molecule has 0 saturated heterocycles. The van der Waals surface area contributed by atoms with Crippen molar-refractivity contribution < 1.29 is 9.53 Å². The van der Waals surface area contributed by atoms with E-state index in [1.807, 2.05) is 0 Å². The Labute approximate surface area is 135 Å². The van der Waals surface area contributed by atoms with Crippen molar-refractivity contribution in [1.29, 1.82) is 0 Å². The maximum atomic E-state index is 12.1. The molecule has 7 nitrogen and oxygen atoms in total. The number of nitrogens with zero attached hydrogens (tertiary/aromatic N) is 2. The highest BCUT2D eigenvalue weighted by Gasteiger charge is 2.16. The van der Waals surface area contributed by atoms with Gasteiger partial charge in [0.05, 0.1) is 17.4 Å². The van der Waals surface area contributed by atoms with Crippen LogP contribution in [0.3, 0.4) is 0 Å². The lowest BCUT2D eigenvalue weighted by Gasteiger charge is -2.12. The molecule has 2 N–H and O–H groups in total. The van der Waals surface area contributed by atoms with Gasteiger partial charge in [0, 0.05) is 5.69 Å². The summed E-state index contributed by atoms with van der Waals surface area (Å²) in [7, 11) is 1.51. The Kier molecular flexibility index (Phi) is 5.40. The average Bonchev–Trinajstić information content (AvgIpc) is 2.47. The summed E-state index contributed by atoms with van der Waals surface area (Å²) in [6.07, 6.45) is 1.06. The highest BCUT2D eigenvalue weighted by atomic mass is 35.5. The van der Waals surface area contributed by atoms with Crippen LogP contribution in [-0.4, -0.2) is 33.4 Å². The molecule has 0 unspecified atom stereocenters. The van der Waals surface area contributed by atoms with Gasteiger partial charge in [-0.3, -0.25) is 14.6 Å². The van der Waals surface area contributed by atoms with Crippen molar-refractivity contribution >= 4 is 35.0 Å². The molecule has 0 fully saturated rings.